The van der Waals surface area contributed by atoms with Crippen molar-refractivity contribution in [1.29, 1.82) is 0 Å². The normalized spacial score (nSPS) is 15.3. The van der Waals surface area contributed by atoms with Gasteiger partial charge in [-0.1, -0.05) is 18.2 Å². The molecule has 1 atom stereocenters. The van der Waals surface area contributed by atoms with E-state index in [-0.39, 0.29) is 16.8 Å². The van der Waals surface area contributed by atoms with Gasteiger partial charge in [0.05, 0.1) is 16.4 Å². The molecule has 3 rings (SSSR count). The van der Waals surface area contributed by atoms with Crippen molar-refractivity contribution in [3.63, 3.8) is 0 Å². The average Bonchev–Trinajstić information content (AvgIpc) is 2.75. The first-order valence-electron chi connectivity index (χ1n) is 9.62. The first-order chi connectivity index (χ1) is 14.0. The van der Waals surface area contributed by atoms with Crippen LogP contribution in [0.2, 0.25) is 0 Å². The van der Waals surface area contributed by atoms with Crippen molar-refractivity contribution in [3.05, 3.63) is 64.2 Å². The monoisotopic (exact) mass is 412 g/mol. The number of carbonyl (C=O) groups excluding carboxylic acids is 1. The van der Waals surface area contributed by atoms with E-state index >= 15 is 0 Å². The number of nitro groups is 1. The second kappa shape index (κ2) is 10.1. The molecule has 1 aliphatic heterocycles. The van der Waals surface area contributed by atoms with Crippen LogP contribution in [0.25, 0.3) is 0 Å². The number of piperidine rings is 1. The summed E-state index contributed by atoms with van der Waals surface area (Å²) in [5.41, 5.74) is 4.09. The van der Waals surface area contributed by atoms with Crippen LogP contribution < -0.4 is 10.3 Å². The van der Waals surface area contributed by atoms with Gasteiger partial charge in [-0.25, -0.2) is 5.43 Å². The number of anilines is 1. The Bertz CT molecular complexity index is 883. The van der Waals surface area contributed by atoms with Gasteiger partial charge in [-0.2, -0.15) is 5.10 Å². The maximum atomic E-state index is 12.3. The maximum absolute atomic E-state index is 12.3. The number of nitrogens with zero attached hydrogens (tertiary/aromatic N) is 3. The third-order valence-corrected chi connectivity index (χ3v) is 5.83. The van der Waals surface area contributed by atoms with E-state index < -0.39 is 4.92 Å². The molecule has 1 amide bonds. The fraction of sp³-hybridized carbons (Fsp3) is 0.333. The van der Waals surface area contributed by atoms with Crippen LogP contribution in [0.15, 0.2) is 58.5 Å². The van der Waals surface area contributed by atoms with Crippen LogP contribution in [-0.4, -0.2) is 35.4 Å². The van der Waals surface area contributed by atoms with Gasteiger partial charge >= 0.3 is 0 Å². The predicted molar refractivity (Wildman–Crippen MR) is 117 cm³/mol. The molecule has 1 N–H and O–H groups in total. The molecule has 0 aliphatic carbocycles. The van der Waals surface area contributed by atoms with Crippen LogP contribution in [0, 0.1) is 10.1 Å². The van der Waals surface area contributed by atoms with E-state index in [9.17, 15) is 14.9 Å². The van der Waals surface area contributed by atoms with Crippen molar-refractivity contribution in [2.24, 2.45) is 5.10 Å². The third kappa shape index (κ3) is 5.80. The Morgan fingerprint density at radius 2 is 1.93 bits per heavy atom. The number of benzene rings is 2. The number of thioether (sulfide) groups is 1. The van der Waals surface area contributed by atoms with Gasteiger partial charge in [0.1, 0.15) is 0 Å². The Morgan fingerprint density at radius 3 is 2.62 bits per heavy atom. The molecule has 0 spiro atoms. The van der Waals surface area contributed by atoms with Crippen molar-refractivity contribution in [1.82, 2.24) is 5.43 Å². The fourth-order valence-electron chi connectivity index (χ4n) is 3.19. The molecule has 1 heterocycles. The van der Waals surface area contributed by atoms with E-state index in [2.05, 4.69) is 15.4 Å². The topological polar surface area (TPSA) is 87.8 Å². The lowest BCUT2D eigenvalue weighted by atomic mass is 10.1. The summed E-state index contributed by atoms with van der Waals surface area (Å²) in [6, 6.07) is 14.5. The van der Waals surface area contributed by atoms with Gasteiger partial charge in [-0.3, -0.25) is 14.9 Å². The summed E-state index contributed by atoms with van der Waals surface area (Å²) in [4.78, 5) is 26.3. The summed E-state index contributed by atoms with van der Waals surface area (Å²) < 4.78 is 0. The number of carbonyl (C=O) groups is 1. The highest BCUT2D eigenvalue weighted by Crippen LogP contribution is 2.27. The Balaban J connectivity index is 1.70. The van der Waals surface area contributed by atoms with Gasteiger partial charge in [0.15, 0.2) is 0 Å². The number of rotatable bonds is 7. The molecule has 1 aliphatic rings. The number of non-ortho nitro benzene ring substituents is 1. The van der Waals surface area contributed by atoms with E-state index in [0.717, 1.165) is 36.5 Å². The molecule has 2 aromatic carbocycles. The van der Waals surface area contributed by atoms with Crippen LogP contribution in [-0.2, 0) is 4.79 Å². The molecular weight excluding hydrogens is 388 g/mol. The van der Waals surface area contributed by atoms with E-state index in [1.54, 1.807) is 6.07 Å². The Morgan fingerprint density at radius 1 is 1.21 bits per heavy atom. The molecule has 7 nitrogen and oxygen atoms in total. The molecule has 0 radical (unpaired) electrons. The summed E-state index contributed by atoms with van der Waals surface area (Å²) in [7, 11) is 0. The van der Waals surface area contributed by atoms with Crippen LogP contribution in [0.5, 0.6) is 0 Å². The van der Waals surface area contributed by atoms with Crippen molar-refractivity contribution >= 4 is 35.3 Å². The molecule has 8 heteroatoms. The third-order valence-electron chi connectivity index (χ3n) is 4.72. The molecule has 1 saturated heterocycles. The summed E-state index contributed by atoms with van der Waals surface area (Å²) in [5, 5.41) is 14.9. The lowest BCUT2D eigenvalue weighted by Gasteiger charge is -2.29. The molecule has 0 bridgehead atoms. The number of hydrogen-bond donors (Lipinski definition) is 1. The molecule has 0 unspecified atom stereocenters. The van der Waals surface area contributed by atoms with E-state index in [0.29, 0.717) is 5.56 Å². The van der Waals surface area contributed by atoms with Gasteiger partial charge in [0.25, 0.3) is 11.6 Å². The van der Waals surface area contributed by atoms with Gasteiger partial charge < -0.3 is 4.90 Å². The largest absolute Gasteiger partial charge is 0.371 e. The fourth-order valence-corrected chi connectivity index (χ4v) is 4.08. The standard InChI is InChI=1S/C21H24N4O3S/c1-16(29-19-8-4-2-5-9-19)21(26)23-22-15-17-14-18(25(27)28)10-11-20(17)24-12-6-3-7-13-24/h2,4-5,8-11,14-16H,3,6-7,12-13H2,1H3,(H,23,26)/b22-15-/t16-/m1/s1. The smallest absolute Gasteiger partial charge is 0.270 e. The number of hydrazone groups is 1. The summed E-state index contributed by atoms with van der Waals surface area (Å²) in [6.45, 7) is 3.64. The van der Waals surface area contributed by atoms with E-state index in [1.165, 1.54) is 36.5 Å². The minimum Gasteiger partial charge on any atom is -0.371 e. The first kappa shape index (κ1) is 20.9. The average molecular weight is 413 g/mol. The lowest BCUT2D eigenvalue weighted by Crippen LogP contribution is -2.30. The molecule has 2 aromatic rings. The highest BCUT2D eigenvalue weighted by atomic mass is 32.2. The Kier molecular flexibility index (Phi) is 7.24. The lowest BCUT2D eigenvalue weighted by molar-refractivity contribution is -0.384. The number of nitrogens with one attached hydrogen (secondary N) is 1. The Hall–Kier alpha value is -2.87. The van der Waals surface area contributed by atoms with E-state index in [4.69, 9.17) is 0 Å². The van der Waals surface area contributed by atoms with Crippen LogP contribution >= 0.6 is 11.8 Å². The van der Waals surface area contributed by atoms with Gasteiger partial charge in [-0.15, -0.1) is 11.8 Å². The van der Waals surface area contributed by atoms with Crippen LogP contribution in [0.4, 0.5) is 11.4 Å². The van der Waals surface area contributed by atoms with Gasteiger partial charge in [0.2, 0.25) is 0 Å². The molecule has 0 saturated carbocycles. The molecule has 0 aromatic heterocycles. The first-order valence-corrected chi connectivity index (χ1v) is 10.5. The van der Waals surface area contributed by atoms with Crippen molar-refractivity contribution < 1.29 is 9.72 Å². The number of amides is 1. The van der Waals surface area contributed by atoms with Gasteiger partial charge in [-0.05, 0) is 44.4 Å². The SMILES string of the molecule is C[C@@H](Sc1ccccc1)C(=O)N/N=C\c1cc([N+](=O)[O-])ccc1N1CCCCC1. The summed E-state index contributed by atoms with van der Waals surface area (Å²) in [6.07, 6.45) is 4.88. The second-order valence-corrected chi connectivity index (χ2v) is 8.27. The summed E-state index contributed by atoms with van der Waals surface area (Å²) >= 11 is 1.45. The number of hydrogen-bond acceptors (Lipinski definition) is 6. The van der Waals surface area contributed by atoms with E-state index in [1.807, 2.05) is 37.3 Å². The minimum atomic E-state index is -0.422. The minimum absolute atomic E-state index is 0.00605. The van der Waals surface area contributed by atoms with Gasteiger partial charge in [0, 0.05) is 41.4 Å². The van der Waals surface area contributed by atoms with Crippen molar-refractivity contribution in [2.45, 2.75) is 36.3 Å². The zero-order chi connectivity index (χ0) is 20.6. The second-order valence-electron chi connectivity index (χ2n) is 6.86. The quantitative estimate of drug-likeness (QED) is 0.318. The summed E-state index contributed by atoms with van der Waals surface area (Å²) in [5.74, 6) is -0.222. The maximum Gasteiger partial charge on any atom is 0.270 e. The highest BCUT2D eigenvalue weighted by Gasteiger charge is 2.17. The molecular formula is C21H24N4O3S. The highest BCUT2D eigenvalue weighted by molar-refractivity contribution is 8.00. The Labute approximate surface area is 174 Å². The van der Waals surface area contributed by atoms with Crippen LogP contribution in [0.3, 0.4) is 0 Å². The predicted octanol–water partition coefficient (Wildman–Crippen LogP) is 4.22. The zero-order valence-corrected chi connectivity index (χ0v) is 17.1. The van der Waals surface area contributed by atoms with Crippen molar-refractivity contribution in [2.75, 3.05) is 18.0 Å². The molecule has 152 valence electrons. The molecule has 1 fully saturated rings. The zero-order valence-electron chi connectivity index (χ0n) is 16.3. The van der Waals surface area contributed by atoms with Crippen molar-refractivity contribution in [3.8, 4) is 0 Å². The number of nitro benzene ring substituents is 1. The molecule has 29 heavy (non-hydrogen) atoms. The van der Waals surface area contributed by atoms with Crippen LogP contribution in [0.1, 0.15) is 31.7 Å².